The number of hydrogen-bond acceptors (Lipinski definition) is 5. The molecule has 0 spiro atoms. The lowest BCUT2D eigenvalue weighted by Crippen LogP contribution is -2.59. The van der Waals surface area contributed by atoms with Crippen LogP contribution in [0.1, 0.15) is 16.8 Å². The molecule has 3 rings (SSSR count). The van der Waals surface area contributed by atoms with Crippen molar-refractivity contribution in [3.63, 3.8) is 0 Å². The van der Waals surface area contributed by atoms with Crippen LogP contribution in [-0.2, 0) is 4.74 Å². The van der Waals surface area contributed by atoms with E-state index < -0.39 is 0 Å². The van der Waals surface area contributed by atoms with Gasteiger partial charge < -0.3 is 10.1 Å². The Bertz CT molecular complexity index is 471. The fourth-order valence-corrected chi connectivity index (χ4v) is 4.46. The largest absolute Gasteiger partial charge is 0.379 e. The highest BCUT2D eigenvalue weighted by Gasteiger charge is 2.40. The summed E-state index contributed by atoms with van der Waals surface area (Å²) in [5.74, 6) is 2.22. The first-order chi connectivity index (χ1) is 10.3. The second-order valence-electron chi connectivity index (χ2n) is 5.55. The van der Waals surface area contributed by atoms with Gasteiger partial charge in [-0.1, -0.05) is 0 Å². The van der Waals surface area contributed by atoms with Crippen LogP contribution in [0.3, 0.4) is 0 Å². The van der Waals surface area contributed by atoms with Crippen molar-refractivity contribution < 1.29 is 9.53 Å². The van der Waals surface area contributed by atoms with Gasteiger partial charge in [0, 0.05) is 43.3 Å². The number of aromatic nitrogens is 1. The van der Waals surface area contributed by atoms with Crippen molar-refractivity contribution in [2.45, 2.75) is 12.0 Å². The zero-order valence-corrected chi connectivity index (χ0v) is 12.9. The molecule has 2 fully saturated rings. The lowest BCUT2D eigenvalue weighted by molar-refractivity contribution is -0.0129. The van der Waals surface area contributed by atoms with Crippen molar-refractivity contribution in [1.82, 2.24) is 15.2 Å². The summed E-state index contributed by atoms with van der Waals surface area (Å²) in [6.07, 6.45) is 4.42. The number of amides is 1. The summed E-state index contributed by atoms with van der Waals surface area (Å²) >= 11 is 1.98. The van der Waals surface area contributed by atoms with Gasteiger partial charge in [-0.2, -0.15) is 11.8 Å². The first kappa shape index (κ1) is 14.8. The standard InChI is InChI=1S/C15H21N3O2S/c19-14(13-2-1-4-16-10-13)17-11-15(3-9-21-12-15)18-5-7-20-8-6-18/h1-2,4,10H,3,5-9,11-12H2,(H,17,19)/t15-/m1/s1. The van der Waals surface area contributed by atoms with Crippen molar-refractivity contribution in [3.05, 3.63) is 30.1 Å². The van der Waals surface area contributed by atoms with Crippen LogP contribution < -0.4 is 5.32 Å². The first-order valence-corrected chi connectivity index (χ1v) is 8.54. The van der Waals surface area contributed by atoms with Gasteiger partial charge in [0.25, 0.3) is 5.91 Å². The maximum Gasteiger partial charge on any atom is 0.252 e. The van der Waals surface area contributed by atoms with Crippen molar-refractivity contribution in [2.75, 3.05) is 44.4 Å². The molecule has 0 bridgehead atoms. The summed E-state index contributed by atoms with van der Waals surface area (Å²) in [5, 5.41) is 3.10. The Morgan fingerprint density at radius 1 is 1.48 bits per heavy atom. The first-order valence-electron chi connectivity index (χ1n) is 7.39. The average molecular weight is 307 g/mol. The Morgan fingerprint density at radius 2 is 2.33 bits per heavy atom. The Morgan fingerprint density at radius 3 is 3.00 bits per heavy atom. The highest BCUT2D eigenvalue weighted by Crippen LogP contribution is 2.33. The zero-order valence-electron chi connectivity index (χ0n) is 12.1. The van der Waals surface area contributed by atoms with E-state index in [1.807, 2.05) is 11.8 Å². The summed E-state index contributed by atoms with van der Waals surface area (Å²) in [5.41, 5.74) is 0.715. The smallest absolute Gasteiger partial charge is 0.252 e. The number of thioether (sulfide) groups is 1. The second-order valence-corrected chi connectivity index (χ2v) is 6.66. The number of nitrogens with zero attached hydrogens (tertiary/aromatic N) is 2. The SMILES string of the molecule is O=C(NC[C@]1(N2CCOCC2)CCSC1)c1cccnc1. The van der Waals surface area contributed by atoms with Crippen LogP contribution in [-0.4, -0.2) is 65.7 Å². The minimum Gasteiger partial charge on any atom is -0.379 e. The molecule has 1 aromatic rings. The fourth-order valence-electron chi connectivity index (χ4n) is 2.98. The molecular weight excluding hydrogens is 286 g/mol. The number of morpholine rings is 1. The molecule has 0 radical (unpaired) electrons. The maximum absolute atomic E-state index is 12.2. The fraction of sp³-hybridized carbons (Fsp3) is 0.600. The Hall–Kier alpha value is -1.11. The van der Waals surface area contributed by atoms with E-state index in [4.69, 9.17) is 4.74 Å². The second kappa shape index (κ2) is 6.77. The summed E-state index contributed by atoms with van der Waals surface area (Å²) in [4.78, 5) is 18.7. The van der Waals surface area contributed by atoms with Crippen molar-refractivity contribution >= 4 is 17.7 Å². The van der Waals surface area contributed by atoms with Crippen LogP contribution in [0.25, 0.3) is 0 Å². The van der Waals surface area contributed by atoms with E-state index in [0.717, 1.165) is 38.5 Å². The molecule has 0 aliphatic carbocycles. The highest BCUT2D eigenvalue weighted by atomic mass is 32.2. The Kier molecular flexibility index (Phi) is 4.77. The Balaban J connectivity index is 1.64. The summed E-state index contributed by atoms with van der Waals surface area (Å²) < 4.78 is 5.46. The molecule has 1 N–H and O–H groups in total. The molecule has 114 valence electrons. The normalized spacial score (nSPS) is 26.7. The van der Waals surface area contributed by atoms with E-state index in [1.54, 1.807) is 24.5 Å². The number of nitrogens with one attached hydrogen (secondary N) is 1. The molecule has 2 aliphatic rings. The summed E-state index contributed by atoms with van der Waals surface area (Å²) in [7, 11) is 0. The number of carbonyl (C=O) groups is 1. The molecule has 1 amide bonds. The van der Waals surface area contributed by atoms with Gasteiger partial charge in [-0.25, -0.2) is 0 Å². The predicted molar refractivity (Wildman–Crippen MR) is 83.6 cm³/mol. The maximum atomic E-state index is 12.2. The van der Waals surface area contributed by atoms with Gasteiger partial charge in [0.2, 0.25) is 0 Å². The van der Waals surface area contributed by atoms with E-state index in [-0.39, 0.29) is 11.4 Å². The molecule has 2 aliphatic heterocycles. The average Bonchev–Trinajstić information content (AvgIpc) is 3.04. The molecule has 5 nitrogen and oxygen atoms in total. The summed E-state index contributed by atoms with van der Waals surface area (Å²) in [6, 6.07) is 3.59. The zero-order chi connectivity index (χ0) is 14.5. The number of ether oxygens (including phenoxy) is 1. The van der Waals surface area contributed by atoms with Gasteiger partial charge in [-0.05, 0) is 24.3 Å². The Labute approximate surface area is 129 Å². The minimum absolute atomic E-state index is 0.0346. The van der Waals surface area contributed by atoms with Crippen molar-refractivity contribution in [1.29, 1.82) is 0 Å². The molecule has 6 heteroatoms. The van der Waals surface area contributed by atoms with E-state index >= 15 is 0 Å². The van der Waals surface area contributed by atoms with E-state index in [0.29, 0.717) is 12.1 Å². The van der Waals surface area contributed by atoms with E-state index in [1.165, 1.54) is 5.75 Å². The van der Waals surface area contributed by atoms with Gasteiger partial charge in [0.15, 0.2) is 0 Å². The van der Waals surface area contributed by atoms with Crippen LogP contribution in [0.4, 0.5) is 0 Å². The van der Waals surface area contributed by atoms with Gasteiger partial charge in [-0.15, -0.1) is 0 Å². The number of carbonyl (C=O) groups excluding carboxylic acids is 1. The third kappa shape index (κ3) is 3.39. The molecule has 0 unspecified atom stereocenters. The van der Waals surface area contributed by atoms with Gasteiger partial charge in [0.1, 0.15) is 0 Å². The quantitative estimate of drug-likeness (QED) is 0.900. The lowest BCUT2D eigenvalue weighted by atomic mass is 9.95. The molecular formula is C15H21N3O2S. The van der Waals surface area contributed by atoms with Crippen LogP contribution in [0.15, 0.2) is 24.5 Å². The van der Waals surface area contributed by atoms with Crippen molar-refractivity contribution in [3.8, 4) is 0 Å². The molecule has 1 aromatic heterocycles. The van der Waals surface area contributed by atoms with Gasteiger partial charge >= 0.3 is 0 Å². The number of pyridine rings is 1. The predicted octanol–water partition coefficient (Wildman–Crippen LogP) is 1.02. The van der Waals surface area contributed by atoms with Crippen LogP contribution in [0.5, 0.6) is 0 Å². The third-order valence-corrected chi connectivity index (χ3v) is 5.50. The van der Waals surface area contributed by atoms with Crippen LogP contribution in [0.2, 0.25) is 0 Å². The topological polar surface area (TPSA) is 54.5 Å². The number of rotatable bonds is 4. The molecule has 1 atom stereocenters. The van der Waals surface area contributed by atoms with Crippen molar-refractivity contribution in [2.24, 2.45) is 0 Å². The highest BCUT2D eigenvalue weighted by molar-refractivity contribution is 7.99. The molecule has 0 aromatic carbocycles. The van der Waals surface area contributed by atoms with Gasteiger partial charge in [-0.3, -0.25) is 14.7 Å². The van der Waals surface area contributed by atoms with E-state index in [2.05, 4.69) is 15.2 Å². The molecule has 0 saturated carbocycles. The molecule has 2 saturated heterocycles. The van der Waals surface area contributed by atoms with Crippen LogP contribution >= 0.6 is 11.8 Å². The lowest BCUT2D eigenvalue weighted by Gasteiger charge is -2.43. The molecule has 21 heavy (non-hydrogen) atoms. The third-order valence-electron chi connectivity index (χ3n) is 4.27. The van der Waals surface area contributed by atoms with E-state index in [9.17, 15) is 4.79 Å². The summed E-state index contributed by atoms with van der Waals surface area (Å²) in [6.45, 7) is 4.21. The monoisotopic (exact) mass is 307 g/mol. The number of hydrogen-bond donors (Lipinski definition) is 1. The van der Waals surface area contributed by atoms with Crippen LogP contribution in [0, 0.1) is 0 Å². The minimum atomic E-state index is -0.0346. The molecule has 3 heterocycles. The van der Waals surface area contributed by atoms with Gasteiger partial charge in [0.05, 0.1) is 18.8 Å².